The molecule has 0 aliphatic carbocycles. The third-order valence-electron chi connectivity index (χ3n) is 4.44. The van der Waals surface area contributed by atoms with Crippen molar-refractivity contribution in [1.29, 1.82) is 0 Å². The third kappa shape index (κ3) is 3.87. The molecule has 4 rings (SSSR count). The van der Waals surface area contributed by atoms with Crippen molar-refractivity contribution < 1.29 is 19.1 Å². The van der Waals surface area contributed by atoms with E-state index in [0.29, 0.717) is 48.4 Å². The number of aromatic nitrogens is 2. The van der Waals surface area contributed by atoms with Crippen LogP contribution < -0.4 is 20.1 Å². The number of carbonyl (C=O) groups is 2. The van der Waals surface area contributed by atoms with E-state index < -0.39 is 5.91 Å². The Morgan fingerprint density at radius 1 is 1.10 bits per heavy atom. The second kappa shape index (κ2) is 7.83. The highest BCUT2D eigenvalue weighted by molar-refractivity contribution is 6.09. The summed E-state index contributed by atoms with van der Waals surface area (Å²) >= 11 is 0. The van der Waals surface area contributed by atoms with Gasteiger partial charge in [-0.2, -0.15) is 0 Å². The first kappa shape index (κ1) is 18.8. The van der Waals surface area contributed by atoms with Crippen molar-refractivity contribution in [2.75, 3.05) is 25.1 Å². The van der Waals surface area contributed by atoms with Gasteiger partial charge in [-0.25, -0.2) is 4.98 Å². The number of anilines is 1. The van der Waals surface area contributed by atoms with Crippen LogP contribution in [0.4, 0.5) is 5.69 Å². The van der Waals surface area contributed by atoms with Crippen LogP contribution in [0.5, 0.6) is 11.5 Å². The molecule has 0 radical (unpaired) electrons. The molecule has 150 valence electrons. The van der Waals surface area contributed by atoms with E-state index >= 15 is 0 Å². The van der Waals surface area contributed by atoms with Gasteiger partial charge in [-0.1, -0.05) is 19.9 Å². The van der Waals surface area contributed by atoms with Crippen LogP contribution in [-0.4, -0.2) is 41.0 Å². The molecule has 0 spiro atoms. The summed E-state index contributed by atoms with van der Waals surface area (Å²) < 4.78 is 12.7. The van der Waals surface area contributed by atoms with Crippen molar-refractivity contribution in [3.8, 4) is 11.5 Å². The molecule has 0 atom stereocenters. The van der Waals surface area contributed by atoms with Crippen LogP contribution in [0.3, 0.4) is 0 Å². The largest absolute Gasteiger partial charge is 0.486 e. The molecule has 3 heterocycles. The Hall–Kier alpha value is -3.55. The van der Waals surface area contributed by atoms with Crippen molar-refractivity contribution in [1.82, 2.24) is 14.7 Å². The van der Waals surface area contributed by atoms with Gasteiger partial charge in [-0.3, -0.25) is 14.0 Å². The van der Waals surface area contributed by atoms with Gasteiger partial charge in [0.1, 0.15) is 13.2 Å². The summed E-state index contributed by atoms with van der Waals surface area (Å²) in [5.41, 5.74) is 1.29. The molecule has 0 unspecified atom stereocenters. The molecule has 2 N–H and O–H groups in total. The molecular weight excluding hydrogens is 372 g/mol. The Bertz CT molecular complexity index is 1070. The van der Waals surface area contributed by atoms with Gasteiger partial charge in [0.15, 0.2) is 17.2 Å². The van der Waals surface area contributed by atoms with Crippen LogP contribution in [0.15, 0.2) is 42.6 Å². The average molecular weight is 394 g/mol. The maximum atomic E-state index is 12.9. The summed E-state index contributed by atoms with van der Waals surface area (Å²) in [6.07, 6.45) is 1.72. The minimum absolute atomic E-state index is 0.175. The van der Waals surface area contributed by atoms with Gasteiger partial charge in [-0.05, 0) is 30.2 Å². The van der Waals surface area contributed by atoms with Crippen LogP contribution in [0.2, 0.25) is 0 Å². The maximum Gasteiger partial charge on any atom is 0.287 e. The van der Waals surface area contributed by atoms with E-state index in [4.69, 9.17) is 9.47 Å². The van der Waals surface area contributed by atoms with Crippen molar-refractivity contribution >= 4 is 23.0 Å². The Balaban J connectivity index is 1.61. The first-order chi connectivity index (χ1) is 14.0. The second-order valence-corrected chi connectivity index (χ2v) is 7.16. The van der Waals surface area contributed by atoms with Gasteiger partial charge in [0, 0.05) is 24.5 Å². The maximum absolute atomic E-state index is 12.9. The smallest absolute Gasteiger partial charge is 0.287 e. The van der Waals surface area contributed by atoms with Crippen LogP contribution in [0.25, 0.3) is 5.52 Å². The number of ether oxygens (including phenoxy) is 2. The summed E-state index contributed by atoms with van der Waals surface area (Å²) in [5, 5.41) is 5.66. The van der Waals surface area contributed by atoms with E-state index in [1.54, 1.807) is 47.0 Å². The molecule has 1 aliphatic rings. The Morgan fingerprint density at radius 3 is 2.69 bits per heavy atom. The summed E-state index contributed by atoms with van der Waals surface area (Å²) in [6.45, 7) is 5.51. The lowest BCUT2D eigenvalue weighted by atomic mass is 10.2. The van der Waals surface area contributed by atoms with Gasteiger partial charge >= 0.3 is 0 Å². The first-order valence-electron chi connectivity index (χ1n) is 9.49. The van der Waals surface area contributed by atoms with E-state index in [-0.39, 0.29) is 17.4 Å². The van der Waals surface area contributed by atoms with Gasteiger partial charge in [-0.15, -0.1) is 0 Å². The molecule has 0 saturated heterocycles. The molecule has 0 bridgehead atoms. The fourth-order valence-electron chi connectivity index (χ4n) is 3.05. The van der Waals surface area contributed by atoms with E-state index in [0.717, 1.165) is 0 Å². The summed E-state index contributed by atoms with van der Waals surface area (Å²) in [7, 11) is 0. The molecule has 29 heavy (non-hydrogen) atoms. The zero-order chi connectivity index (χ0) is 20.4. The number of pyridine rings is 1. The van der Waals surface area contributed by atoms with Crippen molar-refractivity contribution in [2.45, 2.75) is 13.8 Å². The van der Waals surface area contributed by atoms with E-state index in [1.165, 1.54) is 0 Å². The molecule has 3 aromatic rings. The number of amides is 2. The second-order valence-electron chi connectivity index (χ2n) is 7.16. The van der Waals surface area contributed by atoms with Crippen LogP contribution in [-0.2, 0) is 0 Å². The van der Waals surface area contributed by atoms with E-state index in [1.807, 2.05) is 13.8 Å². The van der Waals surface area contributed by atoms with Gasteiger partial charge < -0.3 is 20.1 Å². The molecule has 2 amide bonds. The van der Waals surface area contributed by atoms with Gasteiger partial charge in [0.05, 0.1) is 5.52 Å². The normalized spacial score (nSPS) is 12.8. The topological polar surface area (TPSA) is 94.0 Å². The standard InChI is InChI=1S/C21H22N4O4/c1-13(2)12-22-21(27)19-24-18(15-5-3-4-8-25(15)19)20(26)23-14-6-7-16-17(11-14)29-10-9-28-16/h3-8,11,13H,9-10,12H2,1-2H3,(H,22,27)(H,23,26). The lowest BCUT2D eigenvalue weighted by Crippen LogP contribution is -2.29. The lowest BCUT2D eigenvalue weighted by molar-refractivity contribution is 0.0938. The Morgan fingerprint density at radius 2 is 1.90 bits per heavy atom. The molecule has 2 aromatic heterocycles. The fourth-order valence-corrected chi connectivity index (χ4v) is 3.05. The van der Waals surface area contributed by atoms with Crippen LogP contribution >= 0.6 is 0 Å². The number of hydrogen-bond donors (Lipinski definition) is 2. The quantitative estimate of drug-likeness (QED) is 0.694. The van der Waals surface area contributed by atoms with E-state index in [9.17, 15) is 9.59 Å². The predicted octanol–water partition coefficient (Wildman–Crippen LogP) is 2.74. The number of hydrogen-bond acceptors (Lipinski definition) is 5. The number of nitrogens with zero attached hydrogens (tertiary/aromatic N) is 2. The number of benzene rings is 1. The number of rotatable bonds is 5. The molecule has 0 saturated carbocycles. The fraction of sp³-hybridized carbons (Fsp3) is 0.286. The molecule has 8 nitrogen and oxygen atoms in total. The highest BCUT2D eigenvalue weighted by atomic mass is 16.6. The van der Waals surface area contributed by atoms with Crippen molar-refractivity contribution in [3.05, 3.63) is 54.1 Å². The van der Waals surface area contributed by atoms with Crippen LogP contribution in [0, 0.1) is 5.92 Å². The molecule has 0 fully saturated rings. The third-order valence-corrected chi connectivity index (χ3v) is 4.44. The minimum atomic E-state index is -0.409. The van der Waals surface area contributed by atoms with Crippen LogP contribution in [0.1, 0.15) is 35.0 Å². The monoisotopic (exact) mass is 394 g/mol. The zero-order valence-corrected chi connectivity index (χ0v) is 16.3. The molecular formula is C21H22N4O4. The lowest BCUT2D eigenvalue weighted by Gasteiger charge is -2.18. The van der Waals surface area contributed by atoms with Crippen molar-refractivity contribution in [2.24, 2.45) is 5.92 Å². The van der Waals surface area contributed by atoms with Gasteiger partial charge in [0.2, 0.25) is 5.82 Å². The Kier molecular flexibility index (Phi) is 5.07. The number of fused-ring (bicyclic) bond motifs is 2. The summed E-state index contributed by atoms with van der Waals surface area (Å²) in [4.78, 5) is 29.8. The van der Waals surface area contributed by atoms with Gasteiger partial charge in [0.25, 0.3) is 11.8 Å². The zero-order valence-electron chi connectivity index (χ0n) is 16.3. The summed E-state index contributed by atoms with van der Waals surface area (Å²) in [5.74, 6) is 0.978. The SMILES string of the molecule is CC(C)CNC(=O)c1nc(C(=O)Nc2ccc3c(c2)OCCO3)c2ccccn12. The molecule has 1 aliphatic heterocycles. The van der Waals surface area contributed by atoms with Crippen molar-refractivity contribution in [3.63, 3.8) is 0 Å². The first-order valence-corrected chi connectivity index (χ1v) is 9.49. The molecule has 1 aromatic carbocycles. The minimum Gasteiger partial charge on any atom is -0.486 e. The highest BCUT2D eigenvalue weighted by Crippen LogP contribution is 2.32. The number of imidazole rings is 1. The van der Waals surface area contributed by atoms with E-state index in [2.05, 4.69) is 15.6 Å². The Labute approximate surface area is 167 Å². The number of carbonyl (C=O) groups excluding carboxylic acids is 2. The predicted molar refractivity (Wildman–Crippen MR) is 108 cm³/mol. The average Bonchev–Trinajstić information content (AvgIpc) is 3.12. The summed E-state index contributed by atoms with van der Waals surface area (Å²) in [6, 6.07) is 10.5. The number of nitrogens with one attached hydrogen (secondary N) is 2. The highest BCUT2D eigenvalue weighted by Gasteiger charge is 2.22. The molecule has 8 heteroatoms.